The SMILES string of the molecule is C=C(C/C(C=N)=C/N=CSC)c1ccccc1N=CC(O)OCC. The van der Waals surface area contributed by atoms with Gasteiger partial charge < -0.3 is 15.3 Å². The number of benzene rings is 1. The van der Waals surface area contributed by atoms with Crippen molar-refractivity contribution >= 4 is 41.0 Å². The minimum Gasteiger partial charge on any atom is -0.363 e. The van der Waals surface area contributed by atoms with Gasteiger partial charge in [0.25, 0.3) is 0 Å². The van der Waals surface area contributed by atoms with Gasteiger partial charge in [-0.3, -0.25) is 9.98 Å². The van der Waals surface area contributed by atoms with Gasteiger partial charge in [0.15, 0.2) is 6.29 Å². The second kappa shape index (κ2) is 11.5. The molecule has 1 aromatic rings. The molecule has 0 spiro atoms. The topological polar surface area (TPSA) is 78.0 Å². The Labute approximate surface area is 147 Å². The lowest BCUT2D eigenvalue weighted by Crippen LogP contribution is -2.12. The van der Waals surface area contributed by atoms with Gasteiger partial charge in [-0.15, -0.1) is 11.8 Å². The second-order valence-corrected chi connectivity index (χ2v) is 5.44. The number of para-hydroxylation sites is 1. The number of ether oxygens (including phenoxy) is 1. The van der Waals surface area contributed by atoms with E-state index in [0.29, 0.717) is 18.7 Å². The van der Waals surface area contributed by atoms with Crippen molar-refractivity contribution in [2.45, 2.75) is 19.6 Å². The number of aliphatic imine (C=N–C) groups is 2. The Morgan fingerprint density at radius 3 is 2.88 bits per heavy atom. The quantitative estimate of drug-likeness (QED) is 0.381. The molecule has 0 aliphatic heterocycles. The first-order chi connectivity index (χ1) is 11.6. The Balaban J connectivity index is 2.93. The van der Waals surface area contributed by atoms with Gasteiger partial charge in [-0.25, -0.2) is 0 Å². The van der Waals surface area contributed by atoms with Crippen LogP contribution in [0.4, 0.5) is 5.69 Å². The van der Waals surface area contributed by atoms with Crippen molar-refractivity contribution in [3.8, 4) is 0 Å². The van der Waals surface area contributed by atoms with Crippen LogP contribution in [0.1, 0.15) is 18.9 Å². The Morgan fingerprint density at radius 1 is 1.46 bits per heavy atom. The number of nitrogens with zero attached hydrogens (tertiary/aromatic N) is 2. The number of hydrogen-bond acceptors (Lipinski definition) is 6. The van der Waals surface area contributed by atoms with E-state index in [1.165, 1.54) is 24.2 Å². The fraction of sp³-hybridized carbons (Fsp3) is 0.278. The molecule has 0 saturated carbocycles. The van der Waals surface area contributed by atoms with Crippen LogP contribution in [0.2, 0.25) is 0 Å². The molecule has 0 amide bonds. The van der Waals surface area contributed by atoms with Crippen molar-refractivity contribution in [2.75, 3.05) is 12.9 Å². The molecular weight excluding hydrogens is 322 g/mol. The van der Waals surface area contributed by atoms with Crippen LogP contribution in [0.25, 0.3) is 5.57 Å². The summed E-state index contributed by atoms with van der Waals surface area (Å²) in [6, 6.07) is 7.52. The summed E-state index contributed by atoms with van der Waals surface area (Å²) in [6.45, 7) is 6.31. The normalized spacial score (nSPS) is 13.5. The summed E-state index contributed by atoms with van der Waals surface area (Å²) in [4.78, 5) is 8.40. The summed E-state index contributed by atoms with van der Waals surface area (Å²) in [7, 11) is 0. The van der Waals surface area contributed by atoms with Gasteiger partial charge in [-0.05, 0) is 30.4 Å². The number of hydrogen-bond donors (Lipinski definition) is 2. The smallest absolute Gasteiger partial charge is 0.191 e. The molecule has 0 heterocycles. The number of aliphatic hydroxyl groups is 1. The zero-order valence-corrected chi connectivity index (χ0v) is 14.8. The Bertz CT molecular complexity index is 639. The van der Waals surface area contributed by atoms with E-state index in [9.17, 15) is 5.11 Å². The minimum atomic E-state index is -1.03. The third kappa shape index (κ3) is 7.04. The van der Waals surface area contributed by atoms with E-state index in [1.54, 1.807) is 18.7 Å². The van der Waals surface area contributed by atoms with E-state index in [0.717, 1.165) is 16.7 Å². The lowest BCUT2D eigenvalue weighted by molar-refractivity contribution is -0.0403. The molecule has 0 fully saturated rings. The monoisotopic (exact) mass is 345 g/mol. The van der Waals surface area contributed by atoms with Gasteiger partial charge in [0.1, 0.15) is 0 Å². The molecule has 1 rings (SSSR count). The lowest BCUT2D eigenvalue weighted by atomic mass is 9.99. The predicted octanol–water partition coefficient (Wildman–Crippen LogP) is 4.07. The molecule has 5 nitrogen and oxygen atoms in total. The van der Waals surface area contributed by atoms with E-state index < -0.39 is 6.29 Å². The summed E-state index contributed by atoms with van der Waals surface area (Å²) < 4.78 is 5.03. The first-order valence-corrected chi connectivity index (χ1v) is 8.76. The summed E-state index contributed by atoms with van der Waals surface area (Å²) in [5.41, 5.74) is 4.83. The molecule has 6 heteroatoms. The average molecular weight is 345 g/mol. The Morgan fingerprint density at radius 2 is 2.21 bits per heavy atom. The van der Waals surface area contributed by atoms with Crippen LogP contribution >= 0.6 is 11.8 Å². The number of allylic oxidation sites excluding steroid dienone is 2. The molecule has 0 aromatic heterocycles. The van der Waals surface area contributed by atoms with E-state index in [4.69, 9.17) is 10.1 Å². The maximum atomic E-state index is 9.59. The molecule has 128 valence electrons. The zero-order valence-electron chi connectivity index (χ0n) is 14.0. The van der Waals surface area contributed by atoms with Crippen LogP contribution in [0.3, 0.4) is 0 Å². The highest BCUT2D eigenvalue weighted by atomic mass is 32.2. The van der Waals surface area contributed by atoms with Crippen LogP contribution in [0.15, 0.2) is 52.6 Å². The van der Waals surface area contributed by atoms with Crippen LogP contribution in [0.5, 0.6) is 0 Å². The summed E-state index contributed by atoms with van der Waals surface area (Å²) in [5, 5.41) is 17.1. The Hall–Kier alpha value is -2.02. The fourth-order valence-electron chi connectivity index (χ4n) is 1.91. The molecule has 1 aromatic carbocycles. The maximum absolute atomic E-state index is 9.59. The summed E-state index contributed by atoms with van der Waals surface area (Å²) >= 11 is 1.50. The van der Waals surface area contributed by atoms with Crippen LogP contribution in [0, 0.1) is 5.41 Å². The van der Waals surface area contributed by atoms with Crippen molar-refractivity contribution < 1.29 is 9.84 Å². The number of nitrogens with one attached hydrogen (secondary N) is 1. The van der Waals surface area contributed by atoms with Gasteiger partial charge in [0, 0.05) is 31.0 Å². The second-order valence-electron chi connectivity index (χ2n) is 4.76. The zero-order chi connectivity index (χ0) is 17.8. The molecule has 0 aliphatic rings. The average Bonchev–Trinajstić information content (AvgIpc) is 2.59. The predicted molar refractivity (Wildman–Crippen MR) is 105 cm³/mol. The van der Waals surface area contributed by atoms with Gasteiger partial charge in [-0.2, -0.15) is 0 Å². The van der Waals surface area contributed by atoms with Crippen molar-refractivity contribution in [1.29, 1.82) is 5.41 Å². The van der Waals surface area contributed by atoms with E-state index in [2.05, 4.69) is 16.6 Å². The van der Waals surface area contributed by atoms with Gasteiger partial charge in [0.2, 0.25) is 0 Å². The fourth-order valence-corrected chi connectivity index (χ4v) is 2.09. The summed E-state index contributed by atoms with van der Waals surface area (Å²) in [6.07, 6.45) is 5.66. The number of thioether (sulfide) groups is 1. The van der Waals surface area contributed by atoms with E-state index in [-0.39, 0.29) is 0 Å². The molecule has 1 unspecified atom stereocenters. The van der Waals surface area contributed by atoms with Crippen molar-refractivity contribution in [1.82, 2.24) is 0 Å². The highest BCUT2D eigenvalue weighted by Crippen LogP contribution is 2.29. The number of aliphatic hydroxyl groups excluding tert-OH is 1. The third-order valence-electron chi connectivity index (χ3n) is 2.97. The van der Waals surface area contributed by atoms with E-state index >= 15 is 0 Å². The minimum absolute atomic E-state index is 0.408. The summed E-state index contributed by atoms with van der Waals surface area (Å²) in [5.74, 6) is 0. The molecule has 0 aliphatic carbocycles. The van der Waals surface area contributed by atoms with Gasteiger partial charge in [0.05, 0.1) is 17.4 Å². The first kappa shape index (κ1) is 20.0. The standard InChI is InChI=1S/C18H23N3O2S/c1-4-23-18(22)12-21-17-8-6-5-7-16(17)14(2)9-15(10-19)11-20-13-24-3/h5-8,10-13,18-19,22H,2,4,9H2,1,3H3/b15-11-,19-10?,20-13?,21-12?. The van der Waals surface area contributed by atoms with Crippen LogP contribution in [-0.4, -0.2) is 42.2 Å². The van der Waals surface area contributed by atoms with Crippen LogP contribution in [-0.2, 0) is 4.74 Å². The van der Waals surface area contributed by atoms with E-state index in [1.807, 2.05) is 30.5 Å². The van der Waals surface area contributed by atoms with Crippen molar-refractivity contribution in [3.05, 3.63) is 48.2 Å². The molecule has 2 N–H and O–H groups in total. The van der Waals surface area contributed by atoms with Crippen LogP contribution < -0.4 is 0 Å². The maximum Gasteiger partial charge on any atom is 0.191 e. The lowest BCUT2D eigenvalue weighted by Gasteiger charge is -2.10. The molecular formula is C18H23N3O2S. The molecule has 0 saturated heterocycles. The molecule has 24 heavy (non-hydrogen) atoms. The van der Waals surface area contributed by atoms with Crippen molar-refractivity contribution in [3.63, 3.8) is 0 Å². The molecule has 1 atom stereocenters. The highest BCUT2D eigenvalue weighted by Gasteiger charge is 2.07. The number of rotatable bonds is 10. The van der Waals surface area contributed by atoms with Gasteiger partial charge >= 0.3 is 0 Å². The highest BCUT2D eigenvalue weighted by molar-refractivity contribution is 8.11. The first-order valence-electron chi connectivity index (χ1n) is 7.47. The third-order valence-corrected chi connectivity index (χ3v) is 3.31. The van der Waals surface area contributed by atoms with Crippen molar-refractivity contribution in [2.24, 2.45) is 9.98 Å². The van der Waals surface area contributed by atoms with Gasteiger partial charge in [-0.1, -0.05) is 24.8 Å². The molecule has 0 bridgehead atoms. The largest absolute Gasteiger partial charge is 0.363 e. The molecule has 0 radical (unpaired) electrons. The Kier molecular flexibility index (Phi) is 9.60.